The van der Waals surface area contributed by atoms with E-state index in [4.69, 9.17) is 0 Å². The van der Waals surface area contributed by atoms with Crippen LogP contribution in [0.4, 0.5) is 0 Å². The molecule has 0 radical (unpaired) electrons. The van der Waals surface area contributed by atoms with Crippen molar-refractivity contribution in [2.75, 3.05) is 11.5 Å². The molecule has 0 aliphatic rings. The van der Waals surface area contributed by atoms with Crippen LogP contribution < -0.4 is 0 Å². The average molecular weight is 214 g/mol. The third kappa shape index (κ3) is 4.00. The highest BCUT2D eigenvalue weighted by Gasteiger charge is 2.15. The zero-order valence-electron chi connectivity index (χ0n) is 7.90. The van der Waals surface area contributed by atoms with Crippen molar-refractivity contribution in [1.82, 2.24) is 9.97 Å². The number of nitrogens with zero attached hydrogens (tertiary/aromatic N) is 2. The van der Waals surface area contributed by atoms with Gasteiger partial charge in [0.2, 0.25) is 0 Å². The van der Waals surface area contributed by atoms with Crippen molar-refractivity contribution in [2.45, 2.75) is 18.9 Å². The van der Waals surface area contributed by atoms with E-state index < -0.39 is 0 Å². The Morgan fingerprint density at radius 1 is 1.54 bits per heavy atom. The van der Waals surface area contributed by atoms with Crippen LogP contribution >= 0.6 is 24.4 Å². The molecule has 0 aliphatic heterocycles. The van der Waals surface area contributed by atoms with Crippen LogP contribution in [0.1, 0.15) is 13.8 Å². The van der Waals surface area contributed by atoms with Gasteiger partial charge in [-0.25, -0.2) is 9.97 Å². The largest absolute Gasteiger partial charge is 0.245 e. The second-order valence-corrected chi connectivity index (χ2v) is 4.97. The van der Waals surface area contributed by atoms with E-state index in [1.165, 1.54) is 0 Å². The van der Waals surface area contributed by atoms with Crippen LogP contribution in [0.15, 0.2) is 23.6 Å². The second-order valence-electron chi connectivity index (χ2n) is 3.66. The number of thiol groups is 1. The summed E-state index contributed by atoms with van der Waals surface area (Å²) in [6, 6.07) is 1.93. The molecule has 0 atom stereocenters. The molecule has 13 heavy (non-hydrogen) atoms. The Balaban J connectivity index is 2.44. The van der Waals surface area contributed by atoms with Gasteiger partial charge in [0.05, 0.1) is 5.03 Å². The predicted molar refractivity (Wildman–Crippen MR) is 60.4 cm³/mol. The molecule has 1 rings (SSSR count). The highest BCUT2D eigenvalue weighted by molar-refractivity contribution is 7.99. The van der Waals surface area contributed by atoms with Crippen LogP contribution in [-0.4, -0.2) is 21.5 Å². The Morgan fingerprint density at radius 3 is 2.85 bits per heavy atom. The lowest BCUT2D eigenvalue weighted by molar-refractivity contribution is 0.493. The average Bonchev–Trinajstić information content (AvgIpc) is 2.17. The third-order valence-electron chi connectivity index (χ3n) is 1.59. The summed E-state index contributed by atoms with van der Waals surface area (Å²) in [5.74, 6) is 1.93. The number of rotatable bonds is 4. The Morgan fingerprint density at radius 2 is 2.31 bits per heavy atom. The summed E-state index contributed by atoms with van der Waals surface area (Å²) in [7, 11) is 0. The van der Waals surface area contributed by atoms with Gasteiger partial charge in [-0.1, -0.05) is 13.8 Å². The van der Waals surface area contributed by atoms with Gasteiger partial charge in [0, 0.05) is 11.9 Å². The molecule has 0 saturated heterocycles. The molecule has 0 unspecified atom stereocenters. The summed E-state index contributed by atoms with van der Waals surface area (Å²) < 4.78 is 0. The maximum Gasteiger partial charge on any atom is 0.116 e. The zero-order valence-corrected chi connectivity index (χ0v) is 9.61. The van der Waals surface area contributed by atoms with Crippen LogP contribution in [0.25, 0.3) is 0 Å². The lowest BCUT2D eigenvalue weighted by Gasteiger charge is -2.20. The van der Waals surface area contributed by atoms with E-state index in [-0.39, 0.29) is 5.41 Å². The van der Waals surface area contributed by atoms with Gasteiger partial charge in [0.25, 0.3) is 0 Å². The van der Waals surface area contributed by atoms with Crippen molar-refractivity contribution in [3.63, 3.8) is 0 Å². The van der Waals surface area contributed by atoms with Crippen molar-refractivity contribution in [2.24, 2.45) is 5.41 Å². The normalized spacial score (nSPS) is 11.6. The molecule has 1 aromatic rings. The van der Waals surface area contributed by atoms with Crippen molar-refractivity contribution in [1.29, 1.82) is 0 Å². The zero-order chi connectivity index (χ0) is 9.73. The fraction of sp³-hybridized carbons (Fsp3) is 0.556. The first-order chi connectivity index (χ1) is 6.14. The van der Waals surface area contributed by atoms with Gasteiger partial charge >= 0.3 is 0 Å². The van der Waals surface area contributed by atoms with Crippen molar-refractivity contribution in [3.8, 4) is 0 Å². The minimum Gasteiger partial charge on any atom is -0.245 e. The lowest BCUT2D eigenvalue weighted by atomic mass is 10.0. The molecule has 0 aliphatic carbocycles. The summed E-state index contributed by atoms with van der Waals surface area (Å²) in [5, 5.41) is 1.03. The van der Waals surface area contributed by atoms with Gasteiger partial charge in [0.1, 0.15) is 6.33 Å². The van der Waals surface area contributed by atoms with Gasteiger partial charge in [-0.15, -0.1) is 11.8 Å². The lowest BCUT2D eigenvalue weighted by Crippen LogP contribution is -2.16. The van der Waals surface area contributed by atoms with Crippen LogP contribution in [-0.2, 0) is 0 Å². The maximum absolute atomic E-state index is 4.30. The highest BCUT2D eigenvalue weighted by Crippen LogP contribution is 2.26. The standard InChI is InChI=1S/C9H14N2S2/c1-9(2,5-12)6-13-8-3-4-10-7-11-8/h3-4,7,12H,5-6H2,1-2H3. The molecule has 0 saturated carbocycles. The van der Waals surface area contributed by atoms with E-state index >= 15 is 0 Å². The fourth-order valence-corrected chi connectivity index (χ4v) is 1.86. The number of hydrogen-bond acceptors (Lipinski definition) is 4. The molecular formula is C9H14N2S2. The summed E-state index contributed by atoms with van der Waals surface area (Å²) in [5.41, 5.74) is 0.263. The van der Waals surface area contributed by atoms with E-state index in [0.717, 1.165) is 16.5 Å². The van der Waals surface area contributed by atoms with Crippen LogP contribution in [0.5, 0.6) is 0 Å². The van der Waals surface area contributed by atoms with Crippen molar-refractivity contribution < 1.29 is 0 Å². The molecule has 1 aromatic heterocycles. The first kappa shape index (κ1) is 10.9. The monoisotopic (exact) mass is 214 g/mol. The smallest absolute Gasteiger partial charge is 0.116 e. The first-order valence-electron chi connectivity index (χ1n) is 4.14. The fourth-order valence-electron chi connectivity index (χ4n) is 0.679. The molecule has 4 heteroatoms. The molecule has 0 spiro atoms. The Hall–Kier alpha value is -0.220. The van der Waals surface area contributed by atoms with Gasteiger partial charge in [-0.05, 0) is 17.2 Å². The predicted octanol–water partition coefficient (Wildman–Crippen LogP) is 2.52. The Kier molecular flexibility index (Phi) is 4.06. The summed E-state index contributed by atoms with van der Waals surface area (Å²) >= 11 is 6.05. The Bertz CT molecular complexity index is 249. The van der Waals surface area contributed by atoms with Crippen molar-refractivity contribution >= 4 is 24.4 Å². The third-order valence-corrected chi connectivity index (χ3v) is 3.91. The summed E-state index contributed by atoms with van der Waals surface area (Å²) in [6.45, 7) is 4.41. The maximum atomic E-state index is 4.30. The molecule has 72 valence electrons. The second kappa shape index (κ2) is 4.86. The number of hydrogen-bond donors (Lipinski definition) is 1. The van der Waals surface area contributed by atoms with Crippen molar-refractivity contribution in [3.05, 3.63) is 18.6 Å². The van der Waals surface area contributed by atoms with E-state index in [1.807, 2.05) is 6.07 Å². The molecule has 0 aromatic carbocycles. The van der Waals surface area contributed by atoms with Gasteiger partial charge in [-0.2, -0.15) is 12.6 Å². The summed E-state index contributed by atoms with van der Waals surface area (Å²) in [6.07, 6.45) is 3.35. The minimum absolute atomic E-state index is 0.263. The van der Waals surface area contributed by atoms with Crippen LogP contribution in [0.2, 0.25) is 0 Å². The highest BCUT2D eigenvalue weighted by atomic mass is 32.2. The van der Waals surface area contributed by atoms with Gasteiger partial charge in [0.15, 0.2) is 0 Å². The SMILES string of the molecule is CC(C)(CS)CSc1ccncn1. The van der Waals surface area contributed by atoms with E-state index in [2.05, 4.69) is 36.4 Å². The quantitative estimate of drug-likeness (QED) is 0.474. The number of aromatic nitrogens is 2. The van der Waals surface area contributed by atoms with Gasteiger partial charge < -0.3 is 0 Å². The van der Waals surface area contributed by atoms with Crippen LogP contribution in [0.3, 0.4) is 0 Å². The number of thioether (sulfide) groups is 1. The molecule has 1 heterocycles. The molecule has 0 amide bonds. The minimum atomic E-state index is 0.263. The molecule has 2 nitrogen and oxygen atoms in total. The van der Waals surface area contributed by atoms with E-state index in [1.54, 1.807) is 24.3 Å². The van der Waals surface area contributed by atoms with E-state index in [0.29, 0.717) is 0 Å². The molecule has 0 N–H and O–H groups in total. The summed E-state index contributed by atoms with van der Waals surface area (Å²) in [4.78, 5) is 8.01. The van der Waals surface area contributed by atoms with E-state index in [9.17, 15) is 0 Å². The molecule has 0 bridgehead atoms. The topological polar surface area (TPSA) is 25.8 Å². The Labute approximate surface area is 89.0 Å². The molecular weight excluding hydrogens is 200 g/mol. The van der Waals surface area contributed by atoms with Gasteiger partial charge in [-0.3, -0.25) is 0 Å². The first-order valence-corrected chi connectivity index (χ1v) is 5.75. The molecule has 0 fully saturated rings. The van der Waals surface area contributed by atoms with Crippen LogP contribution in [0, 0.1) is 5.41 Å².